The van der Waals surface area contributed by atoms with Crippen molar-refractivity contribution in [3.8, 4) is 0 Å². The number of pyridine rings is 1. The van der Waals surface area contributed by atoms with Crippen molar-refractivity contribution in [3.05, 3.63) is 52.8 Å². The predicted octanol–water partition coefficient (Wildman–Crippen LogP) is 4.58. The zero-order chi connectivity index (χ0) is 17.3. The lowest BCUT2D eigenvalue weighted by Crippen LogP contribution is -2.15. The molecular formula is C16H13ClF3N3O. The van der Waals surface area contributed by atoms with E-state index < -0.39 is 17.6 Å². The van der Waals surface area contributed by atoms with Gasteiger partial charge in [-0.3, -0.25) is 9.78 Å². The molecule has 0 spiro atoms. The van der Waals surface area contributed by atoms with Crippen molar-refractivity contribution in [3.63, 3.8) is 0 Å². The van der Waals surface area contributed by atoms with E-state index in [0.717, 1.165) is 36.7 Å². The van der Waals surface area contributed by atoms with E-state index in [-0.39, 0.29) is 16.4 Å². The Labute approximate surface area is 141 Å². The molecule has 1 aromatic heterocycles. The Morgan fingerprint density at radius 1 is 1.21 bits per heavy atom. The number of benzene rings is 1. The van der Waals surface area contributed by atoms with Gasteiger partial charge in [-0.15, -0.1) is 0 Å². The Morgan fingerprint density at radius 2 is 1.96 bits per heavy atom. The Morgan fingerprint density at radius 3 is 2.62 bits per heavy atom. The maximum Gasteiger partial charge on any atom is 0.416 e. The molecular weight excluding hydrogens is 343 g/mol. The van der Waals surface area contributed by atoms with Crippen LogP contribution < -0.4 is 10.6 Å². The number of alkyl halides is 3. The molecule has 4 nitrogen and oxygen atoms in total. The summed E-state index contributed by atoms with van der Waals surface area (Å²) in [5.74, 6) is -0.629. The van der Waals surface area contributed by atoms with Crippen LogP contribution in [0.5, 0.6) is 0 Å². The quantitative estimate of drug-likeness (QED) is 0.844. The van der Waals surface area contributed by atoms with Crippen LogP contribution in [0.1, 0.15) is 28.9 Å². The monoisotopic (exact) mass is 355 g/mol. The van der Waals surface area contributed by atoms with E-state index in [0.29, 0.717) is 6.04 Å². The number of rotatable bonds is 4. The van der Waals surface area contributed by atoms with E-state index in [1.807, 2.05) is 0 Å². The highest BCUT2D eigenvalue weighted by Gasteiger charge is 2.31. The maximum atomic E-state index is 12.8. The van der Waals surface area contributed by atoms with Gasteiger partial charge in [0.1, 0.15) is 5.69 Å². The molecule has 2 aromatic rings. The third-order valence-corrected chi connectivity index (χ3v) is 3.81. The molecule has 8 heteroatoms. The fourth-order valence-electron chi connectivity index (χ4n) is 2.09. The number of aromatic nitrogens is 1. The highest BCUT2D eigenvalue weighted by atomic mass is 35.5. The van der Waals surface area contributed by atoms with Gasteiger partial charge in [-0.1, -0.05) is 11.6 Å². The first-order chi connectivity index (χ1) is 11.3. The second kappa shape index (κ2) is 6.32. The molecule has 1 heterocycles. The average molecular weight is 356 g/mol. The number of halogens is 4. The molecule has 2 N–H and O–H groups in total. The fourth-order valence-corrected chi connectivity index (χ4v) is 2.26. The summed E-state index contributed by atoms with van der Waals surface area (Å²) >= 11 is 5.87. The number of nitrogens with zero attached hydrogens (tertiary/aromatic N) is 1. The first kappa shape index (κ1) is 16.6. The zero-order valence-electron chi connectivity index (χ0n) is 12.3. The van der Waals surface area contributed by atoms with Gasteiger partial charge in [0, 0.05) is 17.9 Å². The van der Waals surface area contributed by atoms with Gasteiger partial charge < -0.3 is 10.6 Å². The highest BCUT2D eigenvalue weighted by Crippen LogP contribution is 2.34. The minimum absolute atomic E-state index is 0.0172. The van der Waals surface area contributed by atoms with Crippen molar-refractivity contribution in [1.29, 1.82) is 0 Å². The molecule has 0 unspecified atom stereocenters. The Balaban J connectivity index is 1.79. The normalized spacial score (nSPS) is 14.3. The van der Waals surface area contributed by atoms with Gasteiger partial charge in [-0.25, -0.2) is 0 Å². The van der Waals surface area contributed by atoms with Gasteiger partial charge in [0.05, 0.1) is 16.3 Å². The van der Waals surface area contributed by atoms with E-state index in [1.165, 1.54) is 6.20 Å². The maximum absolute atomic E-state index is 12.8. The lowest BCUT2D eigenvalue weighted by molar-refractivity contribution is -0.137. The van der Waals surface area contributed by atoms with Crippen LogP contribution in [0, 0.1) is 0 Å². The summed E-state index contributed by atoms with van der Waals surface area (Å²) in [5, 5.41) is 5.61. The largest absolute Gasteiger partial charge is 0.416 e. The molecule has 0 radical (unpaired) electrons. The van der Waals surface area contributed by atoms with Crippen molar-refractivity contribution in [1.82, 2.24) is 4.98 Å². The van der Waals surface area contributed by atoms with Crippen LogP contribution in [0.3, 0.4) is 0 Å². The van der Waals surface area contributed by atoms with Crippen LogP contribution in [0.4, 0.5) is 24.5 Å². The van der Waals surface area contributed by atoms with Crippen molar-refractivity contribution in [2.45, 2.75) is 25.1 Å². The van der Waals surface area contributed by atoms with E-state index in [9.17, 15) is 18.0 Å². The zero-order valence-corrected chi connectivity index (χ0v) is 13.1. The minimum Gasteiger partial charge on any atom is -0.382 e. The van der Waals surface area contributed by atoms with Gasteiger partial charge in [-0.05, 0) is 43.2 Å². The van der Waals surface area contributed by atoms with Crippen molar-refractivity contribution in [2.24, 2.45) is 0 Å². The molecule has 3 rings (SSSR count). The molecule has 0 bridgehead atoms. The van der Waals surface area contributed by atoms with Gasteiger partial charge >= 0.3 is 6.18 Å². The number of amides is 1. The third kappa shape index (κ3) is 3.97. The minimum atomic E-state index is -4.52. The molecule has 0 atom stereocenters. The molecule has 24 heavy (non-hydrogen) atoms. The van der Waals surface area contributed by atoms with E-state index >= 15 is 0 Å². The summed E-state index contributed by atoms with van der Waals surface area (Å²) in [4.78, 5) is 16.2. The number of anilines is 2. The molecule has 1 amide bonds. The second-order valence-electron chi connectivity index (χ2n) is 5.49. The summed E-state index contributed by atoms with van der Waals surface area (Å²) in [6.45, 7) is 0. The molecule has 126 valence electrons. The Bertz CT molecular complexity index is 775. The van der Waals surface area contributed by atoms with Crippen LogP contribution >= 0.6 is 11.6 Å². The van der Waals surface area contributed by atoms with Crippen LogP contribution in [-0.4, -0.2) is 16.9 Å². The molecule has 1 saturated carbocycles. The van der Waals surface area contributed by atoms with Crippen molar-refractivity contribution >= 4 is 28.9 Å². The lowest BCUT2D eigenvalue weighted by atomic mass is 10.2. The molecule has 1 aliphatic rings. The number of nitrogens with one attached hydrogen (secondary N) is 2. The molecule has 0 aliphatic heterocycles. The molecule has 1 aromatic carbocycles. The van der Waals surface area contributed by atoms with Crippen molar-refractivity contribution in [2.75, 3.05) is 10.6 Å². The number of hydrogen-bond donors (Lipinski definition) is 2. The highest BCUT2D eigenvalue weighted by molar-refractivity contribution is 6.33. The van der Waals surface area contributed by atoms with Crippen LogP contribution in [0.15, 0.2) is 36.5 Å². The van der Waals surface area contributed by atoms with E-state index in [2.05, 4.69) is 15.6 Å². The summed E-state index contributed by atoms with van der Waals surface area (Å²) < 4.78 is 38.3. The number of carbonyl (C=O) groups is 1. The van der Waals surface area contributed by atoms with Gasteiger partial charge in [0.25, 0.3) is 5.91 Å². The van der Waals surface area contributed by atoms with E-state index in [4.69, 9.17) is 11.6 Å². The first-order valence-corrected chi connectivity index (χ1v) is 7.61. The lowest BCUT2D eigenvalue weighted by Gasteiger charge is -2.12. The summed E-state index contributed by atoms with van der Waals surface area (Å²) in [6, 6.07) is 6.43. The van der Waals surface area contributed by atoms with Gasteiger partial charge in [0.15, 0.2) is 0 Å². The van der Waals surface area contributed by atoms with Crippen molar-refractivity contribution < 1.29 is 18.0 Å². The third-order valence-electron chi connectivity index (χ3n) is 3.48. The molecule has 0 saturated heterocycles. The predicted molar refractivity (Wildman–Crippen MR) is 85.3 cm³/mol. The standard InChI is InChI=1S/C16H13ClF3N3O/c17-12-4-1-9(16(18,19)20)7-13(12)23-15(24)14-8-11(5-6-21-14)22-10-2-3-10/h1,4-8,10H,2-3H2,(H,21,22)(H,23,24). The van der Waals surface area contributed by atoms with Gasteiger partial charge in [0.2, 0.25) is 0 Å². The number of hydrogen-bond acceptors (Lipinski definition) is 3. The van der Waals surface area contributed by atoms with E-state index in [1.54, 1.807) is 12.1 Å². The number of carbonyl (C=O) groups excluding carboxylic acids is 1. The second-order valence-corrected chi connectivity index (χ2v) is 5.90. The Hall–Kier alpha value is -2.28. The summed E-state index contributed by atoms with van der Waals surface area (Å²) in [7, 11) is 0. The average Bonchev–Trinajstić information content (AvgIpc) is 3.32. The SMILES string of the molecule is O=C(Nc1cc(C(F)(F)F)ccc1Cl)c1cc(NC2CC2)ccn1. The van der Waals surface area contributed by atoms with Gasteiger partial charge in [-0.2, -0.15) is 13.2 Å². The van der Waals surface area contributed by atoms with Crippen LogP contribution in [0.2, 0.25) is 5.02 Å². The Kier molecular flexibility index (Phi) is 4.36. The van der Waals surface area contributed by atoms with Crippen LogP contribution in [0.25, 0.3) is 0 Å². The topological polar surface area (TPSA) is 54.0 Å². The summed E-state index contributed by atoms with van der Waals surface area (Å²) in [5.41, 5.74) is -0.167. The summed E-state index contributed by atoms with van der Waals surface area (Å²) in [6.07, 6.45) is -0.906. The smallest absolute Gasteiger partial charge is 0.382 e. The first-order valence-electron chi connectivity index (χ1n) is 7.23. The molecule has 1 fully saturated rings. The fraction of sp³-hybridized carbons (Fsp3) is 0.250. The molecule has 1 aliphatic carbocycles. The van der Waals surface area contributed by atoms with Crippen LogP contribution in [-0.2, 0) is 6.18 Å².